The minimum atomic E-state index is -5.17. The lowest BCUT2D eigenvalue weighted by molar-refractivity contribution is 0.248. The molecule has 0 bridgehead atoms. The van der Waals surface area contributed by atoms with Gasteiger partial charge in [-0.25, -0.2) is 4.79 Å². The Morgan fingerprint density at radius 3 is 1.54 bits per heavy atom. The highest BCUT2D eigenvalue weighted by Gasteiger charge is 2.36. The minimum Gasteiger partial charge on any atom is -0.352 e. The van der Waals surface area contributed by atoms with E-state index in [0.717, 1.165) is 5.32 Å². The van der Waals surface area contributed by atoms with Gasteiger partial charge in [0.15, 0.2) is 0 Å². The zero-order chi connectivity index (χ0) is 10.9. The van der Waals surface area contributed by atoms with Crippen LogP contribution in [-0.4, -0.2) is 36.7 Å². The van der Waals surface area contributed by atoms with E-state index in [2.05, 4.69) is 5.73 Å². The second-order valence-electron chi connectivity index (χ2n) is 1.87. The molecule has 0 aromatic heterocycles. The van der Waals surface area contributed by atoms with Gasteiger partial charge in [-0.2, -0.15) is 16.8 Å². The van der Waals surface area contributed by atoms with Crippen LogP contribution in [0.1, 0.15) is 0 Å². The van der Waals surface area contributed by atoms with Crippen molar-refractivity contribution >= 4 is 26.3 Å². The normalized spacial score (nSPS) is 12.8. The van der Waals surface area contributed by atoms with Crippen LogP contribution in [0.25, 0.3) is 0 Å². The zero-order valence-corrected chi connectivity index (χ0v) is 7.54. The SMILES string of the molecule is NC(=O)NC(S(=O)(=O)O)S(=O)(=O)O. The molecule has 0 rings (SSSR count). The molecule has 13 heavy (non-hydrogen) atoms. The highest BCUT2D eigenvalue weighted by Crippen LogP contribution is 2.01. The lowest BCUT2D eigenvalue weighted by Gasteiger charge is -2.09. The van der Waals surface area contributed by atoms with E-state index in [9.17, 15) is 21.6 Å². The van der Waals surface area contributed by atoms with Gasteiger partial charge in [-0.05, 0) is 0 Å². The van der Waals surface area contributed by atoms with Gasteiger partial charge in [0.05, 0.1) is 0 Å². The summed E-state index contributed by atoms with van der Waals surface area (Å²) in [5.74, 6) is 0. The quantitative estimate of drug-likeness (QED) is 0.399. The van der Waals surface area contributed by atoms with Crippen LogP contribution in [0, 0.1) is 0 Å². The van der Waals surface area contributed by atoms with Crippen LogP contribution in [0.4, 0.5) is 4.79 Å². The standard InChI is InChI=1S/C2H6N2O7S2/c3-1(5)4-2(12(6,7)8)13(9,10)11/h2H,(H3,3,4,5)(H,6,7,8)(H,9,10,11). The molecule has 78 valence electrons. The van der Waals surface area contributed by atoms with Gasteiger partial charge in [0.25, 0.3) is 4.71 Å². The average molecular weight is 234 g/mol. The highest BCUT2D eigenvalue weighted by atomic mass is 32.3. The lowest BCUT2D eigenvalue weighted by atomic mass is 11.0. The molecule has 0 aliphatic heterocycles. The second kappa shape index (κ2) is 3.45. The molecular formula is C2H6N2O7S2. The Hall–Kier alpha value is -0.910. The molecule has 0 aromatic rings. The molecule has 2 amide bonds. The smallest absolute Gasteiger partial charge is 0.314 e. The Labute approximate surface area is 73.4 Å². The molecule has 5 N–H and O–H groups in total. The van der Waals surface area contributed by atoms with Gasteiger partial charge in [-0.1, -0.05) is 0 Å². The monoisotopic (exact) mass is 234 g/mol. The van der Waals surface area contributed by atoms with Crippen molar-refractivity contribution in [2.75, 3.05) is 0 Å². The highest BCUT2D eigenvalue weighted by molar-refractivity contribution is 8.03. The van der Waals surface area contributed by atoms with Gasteiger partial charge in [0.1, 0.15) is 0 Å². The van der Waals surface area contributed by atoms with Gasteiger partial charge in [-0.15, -0.1) is 0 Å². The van der Waals surface area contributed by atoms with Crippen LogP contribution < -0.4 is 11.1 Å². The van der Waals surface area contributed by atoms with Crippen LogP contribution >= 0.6 is 0 Å². The third kappa shape index (κ3) is 4.02. The first kappa shape index (κ1) is 12.1. The van der Waals surface area contributed by atoms with Crippen molar-refractivity contribution in [3.05, 3.63) is 0 Å². The van der Waals surface area contributed by atoms with Crippen molar-refractivity contribution in [2.45, 2.75) is 4.71 Å². The summed E-state index contributed by atoms with van der Waals surface area (Å²) in [6.45, 7) is 0. The van der Waals surface area contributed by atoms with Gasteiger partial charge < -0.3 is 11.1 Å². The summed E-state index contributed by atoms with van der Waals surface area (Å²) in [6, 6.07) is -1.53. The van der Waals surface area contributed by atoms with E-state index in [0.29, 0.717) is 0 Å². The fourth-order valence-corrected chi connectivity index (χ4v) is 2.18. The van der Waals surface area contributed by atoms with Crippen molar-refractivity contribution in [3.8, 4) is 0 Å². The van der Waals surface area contributed by atoms with E-state index < -0.39 is 31.0 Å². The molecule has 9 nitrogen and oxygen atoms in total. The number of primary amides is 1. The van der Waals surface area contributed by atoms with Crippen LogP contribution in [0.15, 0.2) is 0 Å². The first-order valence-corrected chi connectivity index (χ1v) is 5.54. The van der Waals surface area contributed by atoms with Crippen LogP contribution in [-0.2, 0) is 20.2 Å². The van der Waals surface area contributed by atoms with Crippen LogP contribution in [0.5, 0.6) is 0 Å². The molecule has 0 unspecified atom stereocenters. The maximum atomic E-state index is 10.3. The maximum Gasteiger partial charge on any atom is 0.314 e. The fraction of sp³-hybridized carbons (Fsp3) is 0.500. The molecule has 0 aliphatic rings. The summed E-state index contributed by atoms with van der Waals surface area (Å²) in [4.78, 5) is 10.1. The number of rotatable bonds is 3. The molecular weight excluding hydrogens is 228 g/mol. The number of amides is 2. The largest absolute Gasteiger partial charge is 0.352 e. The van der Waals surface area contributed by atoms with Crippen molar-refractivity contribution in [3.63, 3.8) is 0 Å². The number of carbonyl (C=O) groups excluding carboxylic acids is 1. The predicted molar refractivity (Wildman–Crippen MR) is 39.6 cm³/mol. The van der Waals surface area contributed by atoms with Crippen molar-refractivity contribution in [1.29, 1.82) is 0 Å². The van der Waals surface area contributed by atoms with Crippen molar-refractivity contribution < 1.29 is 30.7 Å². The molecule has 0 spiro atoms. The molecule has 0 fully saturated rings. The first-order chi connectivity index (χ1) is 5.55. The van der Waals surface area contributed by atoms with Crippen molar-refractivity contribution in [1.82, 2.24) is 5.32 Å². The predicted octanol–water partition coefficient (Wildman–Crippen LogP) is -2.29. The van der Waals surface area contributed by atoms with Crippen molar-refractivity contribution in [2.24, 2.45) is 5.73 Å². The number of hydrogen-bond donors (Lipinski definition) is 4. The summed E-state index contributed by atoms with van der Waals surface area (Å²) in [5.41, 5.74) is 4.39. The fourth-order valence-electron chi connectivity index (χ4n) is 0.419. The Morgan fingerprint density at radius 1 is 1.15 bits per heavy atom. The Kier molecular flexibility index (Phi) is 3.21. The van der Waals surface area contributed by atoms with Gasteiger partial charge in [-0.3, -0.25) is 9.11 Å². The summed E-state index contributed by atoms with van der Waals surface area (Å²) < 4.78 is 54.6. The number of carbonyl (C=O) groups is 1. The molecule has 0 saturated carbocycles. The van der Waals surface area contributed by atoms with Gasteiger partial charge >= 0.3 is 26.3 Å². The summed E-state index contributed by atoms with van der Waals surface area (Å²) >= 11 is 0. The van der Waals surface area contributed by atoms with Crippen LogP contribution in [0.2, 0.25) is 0 Å². The van der Waals surface area contributed by atoms with E-state index in [1.54, 1.807) is 0 Å². The summed E-state index contributed by atoms with van der Waals surface area (Å²) in [5, 5.41) is 1.12. The number of hydrogen-bond acceptors (Lipinski definition) is 5. The molecule has 0 heterocycles. The molecule has 0 atom stereocenters. The van der Waals surface area contributed by atoms with E-state index >= 15 is 0 Å². The maximum absolute atomic E-state index is 10.3. The first-order valence-electron chi connectivity index (χ1n) is 2.53. The minimum absolute atomic E-state index is 1.12. The number of urea groups is 1. The molecule has 0 saturated heterocycles. The number of nitrogens with one attached hydrogen (secondary N) is 1. The third-order valence-corrected chi connectivity index (χ3v) is 3.58. The third-order valence-electron chi connectivity index (χ3n) is 0.801. The lowest BCUT2D eigenvalue weighted by Crippen LogP contribution is -2.47. The summed E-state index contributed by atoms with van der Waals surface area (Å²) in [7, 11) is -10.3. The van der Waals surface area contributed by atoms with E-state index in [-0.39, 0.29) is 0 Å². The average Bonchev–Trinajstić information content (AvgIpc) is 1.77. The molecule has 0 aromatic carbocycles. The number of nitrogens with two attached hydrogens (primary N) is 1. The van der Waals surface area contributed by atoms with Gasteiger partial charge in [0, 0.05) is 0 Å². The Bertz CT molecular complexity index is 360. The summed E-state index contributed by atoms with van der Waals surface area (Å²) in [6.07, 6.45) is 0. The molecule has 11 heteroatoms. The topological polar surface area (TPSA) is 164 Å². The zero-order valence-electron chi connectivity index (χ0n) is 5.91. The van der Waals surface area contributed by atoms with Crippen LogP contribution in [0.3, 0.4) is 0 Å². The Balaban J connectivity index is 5.15. The molecule has 0 radical (unpaired) electrons. The second-order valence-corrected chi connectivity index (χ2v) is 5.17. The van der Waals surface area contributed by atoms with E-state index in [1.165, 1.54) is 0 Å². The van der Waals surface area contributed by atoms with E-state index in [4.69, 9.17) is 9.11 Å². The van der Waals surface area contributed by atoms with Gasteiger partial charge in [0.2, 0.25) is 0 Å². The molecule has 0 aliphatic carbocycles. The van der Waals surface area contributed by atoms with E-state index in [1.807, 2.05) is 0 Å². The Morgan fingerprint density at radius 2 is 1.46 bits per heavy atom.